The van der Waals surface area contributed by atoms with E-state index >= 15 is 0 Å². The Bertz CT molecular complexity index is 409. The summed E-state index contributed by atoms with van der Waals surface area (Å²) in [5.41, 5.74) is 1.43. The van der Waals surface area contributed by atoms with E-state index in [0.29, 0.717) is 6.42 Å². The number of unbranched alkanes of at least 4 members (excludes halogenated alkanes) is 6. The maximum atomic E-state index is 10.9. The van der Waals surface area contributed by atoms with Gasteiger partial charge in [0.05, 0.1) is 7.11 Å². The highest BCUT2D eigenvalue weighted by molar-refractivity contribution is 5.68. The van der Waals surface area contributed by atoms with Crippen LogP contribution in [-0.2, 0) is 16.0 Å². The van der Waals surface area contributed by atoms with Gasteiger partial charge in [-0.15, -0.1) is 0 Å². The average Bonchev–Trinajstić information content (AvgIpc) is 2.56. The summed E-state index contributed by atoms with van der Waals surface area (Å²) in [5, 5.41) is 0. The van der Waals surface area contributed by atoms with Crippen molar-refractivity contribution in [2.45, 2.75) is 64.2 Å². The minimum atomic E-state index is -0.0848. The minimum Gasteiger partial charge on any atom is -0.469 e. The largest absolute Gasteiger partial charge is 0.469 e. The SMILES string of the molecule is COC(=O)CCCCCCC/C=C\CCCc1ccccc1. The molecular weight excluding hydrogens is 272 g/mol. The van der Waals surface area contributed by atoms with E-state index in [4.69, 9.17) is 0 Å². The summed E-state index contributed by atoms with van der Waals surface area (Å²) in [7, 11) is 1.45. The van der Waals surface area contributed by atoms with E-state index in [1.807, 2.05) is 0 Å². The van der Waals surface area contributed by atoms with Crippen LogP contribution >= 0.6 is 0 Å². The molecule has 0 N–H and O–H groups in total. The van der Waals surface area contributed by atoms with Crippen molar-refractivity contribution in [3.8, 4) is 0 Å². The topological polar surface area (TPSA) is 26.3 Å². The Morgan fingerprint density at radius 1 is 0.909 bits per heavy atom. The van der Waals surface area contributed by atoms with Gasteiger partial charge in [-0.25, -0.2) is 0 Å². The number of methoxy groups -OCH3 is 1. The van der Waals surface area contributed by atoms with Crippen molar-refractivity contribution in [3.63, 3.8) is 0 Å². The molecule has 22 heavy (non-hydrogen) atoms. The number of carbonyl (C=O) groups excluding carboxylic acids is 1. The zero-order valence-corrected chi connectivity index (χ0v) is 13.9. The Labute approximate surface area is 135 Å². The maximum Gasteiger partial charge on any atom is 0.305 e. The molecule has 0 fully saturated rings. The number of aryl methyl sites for hydroxylation is 1. The molecule has 0 heterocycles. The summed E-state index contributed by atoms with van der Waals surface area (Å²) in [6.07, 6.45) is 15.8. The van der Waals surface area contributed by atoms with Crippen LogP contribution in [0.15, 0.2) is 42.5 Å². The van der Waals surface area contributed by atoms with Crippen LogP contribution in [-0.4, -0.2) is 13.1 Å². The average molecular weight is 302 g/mol. The number of esters is 1. The summed E-state index contributed by atoms with van der Waals surface area (Å²) in [6, 6.07) is 10.7. The molecule has 0 aliphatic rings. The predicted molar refractivity (Wildman–Crippen MR) is 92.9 cm³/mol. The Morgan fingerprint density at radius 3 is 2.27 bits per heavy atom. The molecule has 0 bridgehead atoms. The molecule has 0 amide bonds. The van der Waals surface area contributed by atoms with E-state index in [-0.39, 0.29) is 5.97 Å². The van der Waals surface area contributed by atoms with Crippen molar-refractivity contribution < 1.29 is 9.53 Å². The molecule has 1 aromatic rings. The highest BCUT2D eigenvalue weighted by Crippen LogP contribution is 2.09. The summed E-state index contributed by atoms with van der Waals surface area (Å²) in [4.78, 5) is 10.9. The third-order valence-electron chi connectivity index (χ3n) is 3.83. The summed E-state index contributed by atoms with van der Waals surface area (Å²) >= 11 is 0. The Morgan fingerprint density at radius 2 is 1.55 bits per heavy atom. The van der Waals surface area contributed by atoms with Crippen LogP contribution in [0.4, 0.5) is 0 Å². The molecule has 0 atom stereocenters. The predicted octanol–water partition coefficient (Wildman–Crippen LogP) is 5.47. The molecule has 0 radical (unpaired) electrons. The van der Waals surface area contributed by atoms with Gasteiger partial charge in [0.1, 0.15) is 0 Å². The van der Waals surface area contributed by atoms with Gasteiger partial charge in [-0.1, -0.05) is 61.7 Å². The number of allylic oxidation sites excluding steroid dienone is 2. The monoisotopic (exact) mass is 302 g/mol. The molecule has 0 unspecified atom stereocenters. The molecule has 2 heteroatoms. The molecule has 0 saturated carbocycles. The quantitative estimate of drug-likeness (QED) is 0.291. The number of hydrogen-bond donors (Lipinski definition) is 0. The van der Waals surface area contributed by atoms with Crippen molar-refractivity contribution in [2.24, 2.45) is 0 Å². The molecule has 1 rings (SSSR count). The smallest absolute Gasteiger partial charge is 0.305 e. The summed E-state index contributed by atoms with van der Waals surface area (Å²) in [6.45, 7) is 0. The van der Waals surface area contributed by atoms with Crippen LogP contribution in [0, 0.1) is 0 Å². The van der Waals surface area contributed by atoms with E-state index in [1.54, 1.807) is 0 Å². The number of carbonyl (C=O) groups is 1. The lowest BCUT2D eigenvalue weighted by atomic mass is 10.1. The third kappa shape index (κ3) is 10.2. The van der Waals surface area contributed by atoms with Gasteiger partial charge in [0.25, 0.3) is 0 Å². The first-order valence-corrected chi connectivity index (χ1v) is 8.58. The second kappa shape index (κ2) is 13.1. The normalized spacial score (nSPS) is 11.0. The van der Waals surface area contributed by atoms with Gasteiger partial charge in [-0.05, 0) is 44.1 Å². The van der Waals surface area contributed by atoms with Crippen molar-refractivity contribution >= 4 is 5.97 Å². The van der Waals surface area contributed by atoms with Gasteiger partial charge in [0, 0.05) is 6.42 Å². The highest BCUT2D eigenvalue weighted by Gasteiger charge is 1.98. The van der Waals surface area contributed by atoms with Crippen molar-refractivity contribution in [1.29, 1.82) is 0 Å². The maximum absolute atomic E-state index is 10.9. The second-order valence-electron chi connectivity index (χ2n) is 5.73. The van der Waals surface area contributed by atoms with Crippen LogP contribution in [0.5, 0.6) is 0 Å². The van der Waals surface area contributed by atoms with Gasteiger partial charge in [0.2, 0.25) is 0 Å². The van der Waals surface area contributed by atoms with Gasteiger partial charge in [-0.2, -0.15) is 0 Å². The fourth-order valence-electron chi connectivity index (χ4n) is 2.47. The summed E-state index contributed by atoms with van der Waals surface area (Å²) in [5.74, 6) is -0.0848. The first-order chi connectivity index (χ1) is 10.8. The Hall–Kier alpha value is -1.57. The fourth-order valence-corrected chi connectivity index (χ4v) is 2.47. The van der Waals surface area contributed by atoms with Crippen molar-refractivity contribution in [1.82, 2.24) is 0 Å². The lowest BCUT2D eigenvalue weighted by molar-refractivity contribution is -0.140. The molecule has 2 nitrogen and oxygen atoms in total. The minimum absolute atomic E-state index is 0.0848. The second-order valence-corrected chi connectivity index (χ2v) is 5.73. The standard InChI is InChI=1S/C20H30O2/c1-22-20(21)18-14-9-7-5-3-2-4-6-8-11-15-19-16-12-10-13-17-19/h4,6,10,12-13,16-17H,2-3,5,7-9,11,14-15,18H2,1H3/b6-4-. The molecule has 122 valence electrons. The fraction of sp³-hybridized carbons (Fsp3) is 0.550. The lowest BCUT2D eigenvalue weighted by Gasteiger charge is -2.00. The van der Waals surface area contributed by atoms with E-state index < -0.39 is 0 Å². The molecule has 0 aliphatic heterocycles. The molecular formula is C20H30O2. The number of hydrogen-bond acceptors (Lipinski definition) is 2. The van der Waals surface area contributed by atoms with Crippen LogP contribution < -0.4 is 0 Å². The third-order valence-corrected chi connectivity index (χ3v) is 3.83. The van der Waals surface area contributed by atoms with Gasteiger partial charge >= 0.3 is 5.97 Å². The first-order valence-electron chi connectivity index (χ1n) is 8.58. The van der Waals surface area contributed by atoms with Gasteiger partial charge < -0.3 is 4.74 Å². The van der Waals surface area contributed by atoms with E-state index in [2.05, 4.69) is 47.2 Å². The number of benzene rings is 1. The van der Waals surface area contributed by atoms with Crippen LogP contribution in [0.1, 0.15) is 63.4 Å². The zero-order valence-electron chi connectivity index (χ0n) is 13.9. The summed E-state index contributed by atoms with van der Waals surface area (Å²) < 4.78 is 4.62. The molecule has 0 spiro atoms. The van der Waals surface area contributed by atoms with E-state index in [9.17, 15) is 4.79 Å². The highest BCUT2D eigenvalue weighted by atomic mass is 16.5. The number of rotatable bonds is 12. The van der Waals surface area contributed by atoms with Crippen molar-refractivity contribution in [2.75, 3.05) is 7.11 Å². The van der Waals surface area contributed by atoms with Gasteiger partial charge in [0.15, 0.2) is 0 Å². The van der Waals surface area contributed by atoms with E-state index in [1.165, 1.54) is 57.6 Å². The molecule has 0 saturated heterocycles. The number of ether oxygens (including phenoxy) is 1. The first kappa shape index (κ1) is 18.5. The van der Waals surface area contributed by atoms with Gasteiger partial charge in [-0.3, -0.25) is 4.79 Å². The van der Waals surface area contributed by atoms with Crippen LogP contribution in [0.25, 0.3) is 0 Å². The Balaban J connectivity index is 1.85. The Kier molecular flexibility index (Phi) is 11.0. The van der Waals surface area contributed by atoms with Crippen LogP contribution in [0.2, 0.25) is 0 Å². The molecule has 1 aromatic carbocycles. The molecule has 0 aromatic heterocycles. The van der Waals surface area contributed by atoms with Crippen molar-refractivity contribution in [3.05, 3.63) is 48.0 Å². The molecule has 0 aliphatic carbocycles. The van der Waals surface area contributed by atoms with E-state index in [0.717, 1.165) is 12.8 Å². The zero-order chi connectivity index (χ0) is 15.9. The lowest BCUT2D eigenvalue weighted by Crippen LogP contribution is -1.98. The van der Waals surface area contributed by atoms with Crippen LogP contribution in [0.3, 0.4) is 0 Å².